The number of rotatable bonds is 2. The van der Waals surface area contributed by atoms with E-state index in [0.717, 1.165) is 13.1 Å². The normalized spacial score (nSPS) is 22.5. The molecule has 0 aromatic rings. The molecule has 2 amide bonds. The van der Waals surface area contributed by atoms with E-state index in [2.05, 4.69) is 10.6 Å². The minimum absolute atomic E-state index is 0.00148. The summed E-state index contributed by atoms with van der Waals surface area (Å²) in [4.78, 5) is 25.9. The lowest BCUT2D eigenvalue weighted by molar-refractivity contribution is -0.140. The number of piperazine rings is 1. The van der Waals surface area contributed by atoms with Crippen LogP contribution < -0.4 is 10.6 Å². The molecule has 1 aliphatic heterocycles. The van der Waals surface area contributed by atoms with E-state index in [1.807, 2.05) is 32.6 Å². The molecule has 1 fully saturated rings. The summed E-state index contributed by atoms with van der Waals surface area (Å²) >= 11 is 0. The van der Waals surface area contributed by atoms with Crippen molar-refractivity contribution in [1.29, 1.82) is 0 Å². The molecule has 0 aromatic heterocycles. The Labute approximate surface area is 109 Å². The molecule has 1 rings (SSSR count). The smallest absolute Gasteiger partial charge is 0.245 e. The number of carbonyl (C=O) groups excluding carboxylic acids is 2. The first-order valence-electron chi connectivity index (χ1n) is 6.55. The Balaban J connectivity index is 2.58. The molecular weight excluding hydrogens is 230 g/mol. The fourth-order valence-corrected chi connectivity index (χ4v) is 1.89. The third-order valence-electron chi connectivity index (χ3n) is 3.18. The summed E-state index contributed by atoms with van der Waals surface area (Å²) in [5, 5.41) is 6.03. The Morgan fingerprint density at radius 1 is 1.39 bits per heavy atom. The van der Waals surface area contributed by atoms with Crippen LogP contribution in [0.25, 0.3) is 0 Å². The number of amides is 2. The average molecular weight is 255 g/mol. The van der Waals surface area contributed by atoms with Gasteiger partial charge in [-0.25, -0.2) is 0 Å². The van der Waals surface area contributed by atoms with Gasteiger partial charge in [0.05, 0.1) is 0 Å². The Morgan fingerprint density at radius 2 is 2.00 bits per heavy atom. The highest BCUT2D eigenvalue weighted by molar-refractivity contribution is 5.89. The molecule has 1 saturated heterocycles. The second-order valence-electron chi connectivity index (χ2n) is 6.03. The second kappa shape index (κ2) is 5.69. The van der Waals surface area contributed by atoms with Crippen molar-refractivity contribution in [2.45, 2.75) is 46.7 Å². The highest BCUT2D eigenvalue weighted by Crippen LogP contribution is 2.13. The lowest BCUT2D eigenvalue weighted by Crippen LogP contribution is -2.57. The van der Waals surface area contributed by atoms with Gasteiger partial charge in [-0.1, -0.05) is 20.8 Å². The van der Waals surface area contributed by atoms with E-state index < -0.39 is 11.5 Å². The van der Waals surface area contributed by atoms with Crippen molar-refractivity contribution in [3.05, 3.63) is 0 Å². The van der Waals surface area contributed by atoms with Crippen LogP contribution in [0.15, 0.2) is 0 Å². The topological polar surface area (TPSA) is 61.4 Å². The fraction of sp³-hybridized carbons (Fsp3) is 0.846. The summed E-state index contributed by atoms with van der Waals surface area (Å²) < 4.78 is 0. The first-order chi connectivity index (χ1) is 8.23. The van der Waals surface area contributed by atoms with E-state index in [9.17, 15) is 9.59 Å². The first-order valence-corrected chi connectivity index (χ1v) is 6.55. The predicted octanol–water partition coefficient (Wildman–Crippen LogP) is 0.358. The number of hydrogen-bond donors (Lipinski definition) is 2. The molecule has 2 N–H and O–H groups in total. The van der Waals surface area contributed by atoms with Crippen LogP contribution in [0.3, 0.4) is 0 Å². The van der Waals surface area contributed by atoms with E-state index in [1.54, 1.807) is 6.92 Å². The Bertz CT molecular complexity index is 323. The SMILES string of the molecule is CC(NC(=O)C(C)(C)C)C(=O)N1CCNC[C@H]1C. The first kappa shape index (κ1) is 15.0. The summed E-state index contributed by atoms with van der Waals surface area (Å²) in [7, 11) is 0. The minimum atomic E-state index is -0.469. The van der Waals surface area contributed by atoms with Crippen molar-refractivity contribution in [3.8, 4) is 0 Å². The van der Waals surface area contributed by atoms with Gasteiger partial charge in [0.25, 0.3) is 0 Å². The zero-order valence-corrected chi connectivity index (χ0v) is 12.0. The van der Waals surface area contributed by atoms with Gasteiger partial charge in [-0.2, -0.15) is 0 Å². The van der Waals surface area contributed by atoms with E-state index in [0.29, 0.717) is 6.54 Å². The number of hydrogen-bond acceptors (Lipinski definition) is 3. The highest BCUT2D eigenvalue weighted by Gasteiger charge is 2.30. The van der Waals surface area contributed by atoms with E-state index in [4.69, 9.17) is 0 Å². The Hall–Kier alpha value is -1.10. The molecule has 0 radical (unpaired) electrons. The number of nitrogens with zero attached hydrogens (tertiary/aromatic N) is 1. The molecule has 1 aliphatic rings. The molecule has 0 bridgehead atoms. The molecule has 2 atom stereocenters. The summed E-state index contributed by atoms with van der Waals surface area (Å²) in [6.07, 6.45) is 0. The van der Waals surface area contributed by atoms with Crippen LogP contribution >= 0.6 is 0 Å². The summed E-state index contributed by atoms with van der Waals surface area (Å²) in [5.41, 5.74) is -0.469. The van der Waals surface area contributed by atoms with Gasteiger partial charge >= 0.3 is 0 Å². The summed E-state index contributed by atoms with van der Waals surface area (Å²) in [6, 6.07) is -0.280. The van der Waals surface area contributed by atoms with Gasteiger partial charge in [0.1, 0.15) is 6.04 Å². The molecule has 5 nitrogen and oxygen atoms in total. The maximum absolute atomic E-state index is 12.3. The van der Waals surface area contributed by atoms with Crippen molar-refractivity contribution in [2.75, 3.05) is 19.6 Å². The molecule has 1 unspecified atom stereocenters. The second-order valence-corrected chi connectivity index (χ2v) is 6.03. The van der Waals surface area contributed by atoms with E-state index in [-0.39, 0.29) is 17.9 Å². The average Bonchev–Trinajstić information content (AvgIpc) is 2.27. The molecule has 104 valence electrons. The molecule has 0 saturated carbocycles. The van der Waals surface area contributed by atoms with Crippen LogP contribution in [-0.4, -0.2) is 48.4 Å². The van der Waals surface area contributed by atoms with Gasteiger partial charge in [-0.3, -0.25) is 9.59 Å². The van der Waals surface area contributed by atoms with Gasteiger partial charge in [-0.15, -0.1) is 0 Å². The monoisotopic (exact) mass is 255 g/mol. The third kappa shape index (κ3) is 3.70. The standard InChI is InChI=1S/C13H25N3O2/c1-9-8-14-6-7-16(9)11(17)10(2)15-12(18)13(3,4)5/h9-10,14H,6-8H2,1-5H3,(H,15,18)/t9-,10?/m1/s1. The largest absolute Gasteiger partial charge is 0.344 e. The Morgan fingerprint density at radius 3 is 2.50 bits per heavy atom. The molecular formula is C13H25N3O2. The van der Waals surface area contributed by atoms with Crippen LogP contribution in [0, 0.1) is 5.41 Å². The van der Waals surface area contributed by atoms with Gasteiger partial charge < -0.3 is 15.5 Å². The van der Waals surface area contributed by atoms with E-state index in [1.165, 1.54) is 0 Å². The van der Waals surface area contributed by atoms with Crippen LogP contribution in [0.1, 0.15) is 34.6 Å². The van der Waals surface area contributed by atoms with Crippen molar-refractivity contribution < 1.29 is 9.59 Å². The van der Waals surface area contributed by atoms with Gasteiger partial charge in [0.2, 0.25) is 11.8 Å². The minimum Gasteiger partial charge on any atom is -0.344 e. The fourth-order valence-electron chi connectivity index (χ4n) is 1.89. The lowest BCUT2D eigenvalue weighted by Gasteiger charge is -2.36. The third-order valence-corrected chi connectivity index (χ3v) is 3.18. The number of carbonyl (C=O) groups is 2. The van der Waals surface area contributed by atoms with Crippen molar-refractivity contribution in [3.63, 3.8) is 0 Å². The maximum atomic E-state index is 12.3. The Kier molecular flexibility index (Phi) is 4.73. The van der Waals surface area contributed by atoms with Gasteiger partial charge in [0.15, 0.2) is 0 Å². The van der Waals surface area contributed by atoms with E-state index >= 15 is 0 Å². The summed E-state index contributed by atoms with van der Waals surface area (Å²) in [5.74, 6) is -0.0901. The van der Waals surface area contributed by atoms with Crippen LogP contribution in [0.5, 0.6) is 0 Å². The molecule has 1 heterocycles. The van der Waals surface area contributed by atoms with Crippen LogP contribution in [0.2, 0.25) is 0 Å². The molecule has 0 aromatic carbocycles. The van der Waals surface area contributed by atoms with Gasteiger partial charge in [-0.05, 0) is 13.8 Å². The summed E-state index contributed by atoms with van der Waals surface area (Å²) in [6.45, 7) is 11.6. The van der Waals surface area contributed by atoms with Crippen molar-refractivity contribution in [1.82, 2.24) is 15.5 Å². The number of nitrogens with one attached hydrogen (secondary N) is 2. The maximum Gasteiger partial charge on any atom is 0.245 e. The van der Waals surface area contributed by atoms with Crippen molar-refractivity contribution in [2.24, 2.45) is 5.41 Å². The van der Waals surface area contributed by atoms with Gasteiger partial charge in [0, 0.05) is 31.1 Å². The quantitative estimate of drug-likeness (QED) is 0.749. The van der Waals surface area contributed by atoms with Crippen molar-refractivity contribution >= 4 is 11.8 Å². The lowest BCUT2D eigenvalue weighted by atomic mass is 9.95. The van der Waals surface area contributed by atoms with Crippen LogP contribution in [-0.2, 0) is 9.59 Å². The zero-order valence-electron chi connectivity index (χ0n) is 12.0. The highest BCUT2D eigenvalue weighted by atomic mass is 16.2. The zero-order chi connectivity index (χ0) is 13.9. The molecule has 0 spiro atoms. The van der Waals surface area contributed by atoms with Crippen LogP contribution in [0.4, 0.5) is 0 Å². The molecule has 18 heavy (non-hydrogen) atoms. The molecule has 0 aliphatic carbocycles. The molecule has 5 heteroatoms. The predicted molar refractivity (Wildman–Crippen MR) is 71.1 cm³/mol.